The van der Waals surface area contributed by atoms with E-state index in [4.69, 9.17) is 34.9 Å². The first-order chi connectivity index (χ1) is 23.9. The molecule has 2 aromatic heterocycles. The zero-order valence-corrected chi connectivity index (χ0v) is 29.0. The van der Waals surface area contributed by atoms with E-state index in [-0.39, 0.29) is 0 Å². The van der Waals surface area contributed by atoms with Crippen molar-refractivity contribution < 1.29 is 48.9 Å². The van der Waals surface area contributed by atoms with Gasteiger partial charge in [-0.25, -0.2) is 24.2 Å². The monoisotopic (exact) mass is 713 g/mol. The molecule has 0 bridgehead atoms. The Morgan fingerprint density at radius 2 is 1.54 bits per heavy atom. The molecule has 270 valence electrons. The lowest BCUT2D eigenvalue weighted by molar-refractivity contribution is -0.134. The normalized spacial score (nSPS) is 14.4. The Morgan fingerprint density at radius 3 is 2.02 bits per heavy atom. The fourth-order valence-electron chi connectivity index (χ4n) is 4.68. The van der Waals surface area contributed by atoms with Crippen LogP contribution >= 0.6 is 11.3 Å². The van der Waals surface area contributed by atoms with E-state index in [2.05, 4.69) is 45.5 Å². The number of aryl methyl sites for hydroxylation is 2. The second kappa shape index (κ2) is 21.8. The van der Waals surface area contributed by atoms with Gasteiger partial charge in [-0.2, -0.15) is 5.26 Å². The lowest BCUT2D eigenvalue weighted by atomic mass is 9.91. The molecule has 50 heavy (non-hydrogen) atoms. The summed E-state index contributed by atoms with van der Waals surface area (Å²) in [4.78, 5) is 45.7. The molecular weight excluding hydrogens is 670 g/mol. The number of carboxylic acid groups (broad SMARTS) is 4. The van der Waals surface area contributed by atoms with Crippen molar-refractivity contribution in [1.29, 1.82) is 5.26 Å². The lowest BCUT2D eigenvalue weighted by Crippen LogP contribution is -2.33. The average molecular weight is 714 g/mol. The van der Waals surface area contributed by atoms with Crippen molar-refractivity contribution in [1.82, 2.24) is 20.4 Å². The summed E-state index contributed by atoms with van der Waals surface area (Å²) < 4.78 is 11.7. The van der Waals surface area contributed by atoms with Gasteiger partial charge in [0.2, 0.25) is 0 Å². The highest BCUT2D eigenvalue weighted by Gasteiger charge is 2.24. The number of thiazole rings is 1. The second-order valence-corrected chi connectivity index (χ2v) is 12.6. The van der Waals surface area contributed by atoms with Gasteiger partial charge in [-0.05, 0) is 96.6 Å². The van der Waals surface area contributed by atoms with Crippen molar-refractivity contribution in [2.75, 3.05) is 33.8 Å². The predicted molar refractivity (Wildman–Crippen MR) is 184 cm³/mol. The van der Waals surface area contributed by atoms with Crippen LogP contribution in [0, 0.1) is 30.1 Å². The second-order valence-electron chi connectivity index (χ2n) is 11.5. The van der Waals surface area contributed by atoms with Gasteiger partial charge in [0.1, 0.15) is 21.7 Å². The van der Waals surface area contributed by atoms with Gasteiger partial charge in [0.15, 0.2) is 5.58 Å². The summed E-state index contributed by atoms with van der Waals surface area (Å²) in [7, 11) is 3.75. The molecule has 15 nitrogen and oxygen atoms in total. The smallest absolute Gasteiger partial charge is 0.328 e. The minimum atomic E-state index is -1.26. The number of aromatic nitrogens is 2. The van der Waals surface area contributed by atoms with Crippen molar-refractivity contribution in [3.05, 3.63) is 63.8 Å². The Balaban J connectivity index is 0.000000377. The predicted octanol–water partition coefficient (Wildman–Crippen LogP) is 4.36. The van der Waals surface area contributed by atoms with Gasteiger partial charge in [0.05, 0.1) is 25.0 Å². The number of carboxylic acids is 4. The molecule has 5 rings (SSSR count). The number of likely N-dealkylation sites (tertiary alicyclic amines) is 1. The maximum atomic E-state index is 9.55. The molecule has 2 fully saturated rings. The molecule has 1 aliphatic carbocycles. The molecule has 0 amide bonds. The zero-order chi connectivity index (χ0) is 37.1. The van der Waals surface area contributed by atoms with Crippen molar-refractivity contribution in [2.45, 2.75) is 52.0 Å². The van der Waals surface area contributed by atoms with E-state index in [9.17, 15) is 19.2 Å². The third kappa shape index (κ3) is 15.9. The molecule has 1 saturated carbocycles. The third-order valence-corrected chi connectivity index (χ3v) is 8.23. The summed E-state index contributed by atoms with van der Waals surface area (Å²) in [6, 6.07) is 6.36. The zero-order valence-electron chi connectivity index (χ0n) is 28.2. The molecule has 3 heterocycles. The van der Waals surface area contributed by atoms with Crippen LogP contribution in [0.5, 0.6) is 5.75 Å². The van der Waals surface area contributed by atoms with Crippen LogP contribution in [0.15, 0.2) is 47.2 Å². The molecule has 5 N–H and O–H groups in total. The Morgan fingerprint density at radius 1 is 0.980 bits per heavy atom. The van der Waals surface area contributed by atoms with Gasteiger partial charge in [-0.3, -0.25) is 4.90 Å². The summed E-state index contributed by atoms with van der Waals surface area (Å²) >= 11 is 1.50. The first kappa shape index (κ1) is 41.1. The van der Waals surface area contributed by atoms with Gasteiger partial charge in [-0.15, -0.1) is 11.3 Å². The first-order valence-corrected chi connectivity index (χ1v) is 16.6. The maximum Gasteiger partial charge on any atom is 0.328 e. The number of ether oxygens (including phenoxy) is 1. The SMILES string of the molecule is CNC.Cc1c(OCC2CC2)ccc2c(CCC3CCN(Cc4ncc(C#N)s4)CC3)noc12.O=C(O)C=CC(=O)O.O=C(O)C=CC(=O)O. The molecule has 0 unspecified atom stereocenters. The summed E-state index contributed by atoms with van der Waals surface area (Å²) in [5, 5.41) is 49.5. The van der Waals surface area contributed by atoms with E-state index in [1.165, 1.54) is 37.0 Å². The fraction of sp³-hybridized carbons (Fsp3) is 0.441. The number of nitrogens with zero attached hydrogens (tertiary/aromatic N) is 4. The Hall–Kier alpha value is -5.11. The van der Waals surface area contributed by atoms with Crippen LogP contribution in [0.25, 0.3) is 11.0 Å². The molecule has 1 aromatic carbocycles. The average Bonchev–Trinajstić information content (AvgIpc) is 3.64. The standard InChI is InChI=1S/C24H28N4O2S.2C4H4O4.C2H7N/c1-16-22(29-15-18-2-3-18)7-5-20-21(27-30-24(16)20)6-4-17-8-10-28(11-9-17)14-23-26-13-19(12-25)31-23;2*5-3(6)1-2-4(7)8;1-3-2/h5,7,13,17-18H,2-4,6,8-11,14-15H2,1H3;2*1-2H,(H,5,6)(H,7,8);3H,1-2H3. The van der Waals surface area contributed by atoms with Crippen molar-refractivity contribution in [3.8, 4) is 11.8 Å². The number of fused-ring (bicyclic) bond motifs is 1. The highest BCUT2D eigenvalue weighted by molar-refractivity contribution is 7.12. The Labute approximate surface area is 293 Å². The summed E-state index contributed by atoms with van der Waals surface area (Å²) in [5.41, 5.74) is 3.01. The molecule has 16 heteroatoms. The molecule has 2 aliphatic rings. The number of hydrogen-bond donors (Lipinski definition) is 5. The molecular formula is C34H43N5O10S. The van der Waals surface area contributed by atoms with Crippen LogP contribution in [-0.4, -0.2) is 93.1 Å². The molecule has 0 spiro atoms. The van der Waals surface area contributed by atoms with Crippen LogP contribution in [0.2, 0.25) is 0 Å². The number of rotatable bonds is 12. The van der Waals surface area contributed by atoms with Crippen molar-refractivity contribution in [3.63, 3.8) is 0 Å². The summed E-state index contributed by atoms with van der Waals surface area (Å²) in [6.45, 7) is 5.92. The molecule has 0 atom stereocenters. The number of aliphatic carboxylic acids is 4. The fourth-order valence-corrected chi connectivity index (χ4v) is 5.44. The number of benzene rings is 1. The molecule has 0 radical (unpaired) electrons. The van der Waals surface area contributed by atoms with E-state index >= 15 is 0 Å². The minimum absolute atomic E-state index is 0.558. The van der Waals surface area contributed by atoms with E-state index in [1.54, 1.807) is 6.20 Å². The molecule has 1 aliphatic heterocycles. The van der Waals surface area contributed by atoms with E-state index in [1.807, 2.05) is 14.1 Å². The van der Waals surface area contributed by atoms with Crippen LogP contribution < -0.4 is 10.1 Å². The number of nitrogens with one attached hydrogen (secondary N) is 1. The van der Waals surface area contributed by atoms with E-state index in [0.29, 0.717) is 29.2 Å². The third-order valence-electron chi connectivity index (χ3n) is 7.34. The van der Waals surface area contributed by atoms with Gasteiger partial charge < -0.3 is 35.0 Å². The van der Waals surface area contributed by atoms with Crippen molar-refractivity contribution >= 4 is 46.2 Å². The van der Waals surface area contributed by atoms with Crippen LogP contribution in [0.3, 0.4) is 0 Å². The highest BCUT2D eigenvalue weighted by atomic mass is 32.1. The van der Waals surface area contributed by atoms with Gasteiger partial charge in [-0.1, -0.05) is 5.16 Å². The largest absolute Gasteiger partial charge is 0.493 e. The van der Waals surface area contributed by atoms with Crippen molar-refractivity contribution in [2.24, 2.45) is 11.8 Å². The summed E-state index contributed by atoms with van der Waals surface area (Å²) in [5.74, 6) is -2.64. The number of hydrogen-bond acceptors (Lipinski definition) is 12. The first-order valence-electron chi connectivity index (χ1n) is 15.8. The van der Waals surface area contributed by atoms with E-state index in [0.717, 1.165) is 83.9 Å². The Bertz CT molecular complexity index is 1600. The number of nitriles is 1. The topological polar surface area (TPSA) is 236 Å². The number of piperidine rings is 1. The van der Waals surface area contributed by atoms with E-state index < -0.39 is 23.9 Å². The van der Waals surface area contributed by atoms with Gasteiger partial charge in [0.25, 0.3) is 0 Å². The highest BCUT2D eigenvalue weighted by Crippen LogP contribution is 2.34. The molecule has 1 saturated heterocycles. The van der Waals surface area contributed by atoms with Gasteiger partial charge >= 0.3 is 23.9 Å². The quantitative estimate of drug-likeness (QED) is 0.164. The lowest BCUT2D eigenvalue weighted by Gasteiger charge is -2.31. The number of carbonyl (C=O) groups is 4. The summed E-state index contributed by atoms with van der Waals surface area (Å²) in [6.07, 6.45) is 11.0. The minimum Gasteiger partial charge on any atom is -0.493 e. The molecule has 3 aromatic rings. The maximum absolute atomic E-state index is 9.55. The van der Waals surface area contributed by atoms with Crippen LogP contribution in [0.1, 0.15) is 53.2 Å². The van der Waals surface area contributed by atoms with Gasteiger partial charge in [0, 0.05) is 35.3 Å². The van der Waals surface area contributed by atoms with Crippen LogP contribution in [0.4, 0.5) is 0 Å². The Kier molecular flexibility index (Phi) is 17.9. The van der Waals surface area contributed by atoms with Crippen LogP contribution in [-0.2, 0) is 32.1 Å².